The molecule has 0 amide bonds. The number of nitrogens with zero attached hydrogens (tertiary/aromatic N) is 1. The second kappa shape index (κ2) is 4.48. The van der Waals surface area contributed by atoms with Crippen molar-refractivity contribution in [3.8, 4) is 11.8 Å². The maximum atomic E-state index is 10.1. The molecule has 0 aliphatic rings. The fourth-order valence-corrected chi connectivity index (χ4v) is 0.876. The fraction of sp³-hybridized carbons (Fsp3) is 0.111. The number of carbonyl (C=O) groups is 1. The summed E-state index contributed by atoms with van der Waals surface area (Å²) in [5.41, 5.74) is 0.668. The van der Waals surface area contributed by atoms with Crippen LogP contribution in [0.15, 0.2) is 18.3 Å². The van der Waals surface area contributed by atoms with E-state index >= 15 is 0 Å². The van der Waals surface area contributed by atoms with E-state index in [9.17, 15) is 4.79 Å². The van der Waals surface area contributed by atoms with Crippen LogP contribution in [0.3, 0.4) is 0 Å². The van der Waals surface area contributed by atoms with Crippen LogP contribution in [0, 0.1) is 11.8 Å². The summed E-state index contributed by atoms with van der Waals surface area (Å²) in [6, 6.07) is 3.25. The molecule has 4 heteroatoms. The van der Waals surface area contributed by atoms with Crippen LogP contribution < -0.4 is 0 Å². The summed E-state index contributed by atoms with van der Waals surface area (Å²) in [5, 5.41) is 8.65. The second-order valence-electron chi connectivity index (χ2n) is 2.24. The number of rotatable bonds is 1. The molecule has 1 rings (SSSR count). The predicted molar refractivity (Wildman–Crippen MR) is 48.4 cm³/mol. The standard InChI is InChI=1S/C9H6ClNO2/c10-8-6-7(4-5-11-8)2-1-3-9(12)13/h4-6H,3H2,(H,12,13). The van der Waals surface area contributed by atoms with Crippen LogP contribution in [0.1, 0.15) is 12.0 Å². The SMILES string of the molecule is O=C(O)CC#Cc1ccnc(Cl)c1. The van der Waals surface area contributed by atoms with Gasteiger partial charge < -0.3 is 5.11 Å². The van der Waals surface area contributed by atoms with E-state index < -0.39 is 5.97 Å². The van der Waals surface area contributed by atoms with Crippen LogP contribution in [0.4, 0.5) is 0 Å². The highest BCUT2D eigenvalue weighted by atomic mass is 35.5. The number of hydrogen-bond donors (Lipinski definition) is 1. The minimum absolute atomic E-state index is 0.167. The van der Waals surface area contributed by atoms with Crippen LogP contribution in [-0.2, 0) is 4.79 Å². The molecule has 1 aromatic rings. The molecular formula is C9H6ClNO2. The lowest BCUT2D eigenvalue weighted by molar-refractivity contribution is -0.135. The van der Waals surface area contributed by atoms with Gasteiger partial charge in [-0.1, -0.05) is 23.4 Å². The van der Waals surface area contributed by atoms with E-state index in [0.29, 0.717) is 10.7 Å². The summed E-state index contributed by atoms with van der Waals surface area (Å²) in [6.45, 7) is 0. The average Bonchev–Trinajstić information content (AvgIpc) is 2.03. The number of carboxylic acids is 1. The van der Waals surface area contributed by atoms with Gasteiger partial charge in [0.1, 0.15) is 11.6 Å². The van der Waals surface area contributed by atoms with Crippen molar-refractivity contribution in [2.45, 2.75) is 6.42 Å². The molecule has 0 radical (unpaired) electrons. The second-order valence-corrected chi connectivity index (χ2v) is 2.63. The summed E-state index contributed by atoms with van der Waals surface area (Å²) in [4.78, 5) is 13.9. The summed E-state index contributed by atoms with van der Waals surface area (Å²) in [6.07, 6.45) is 1.35. The third-order valence-corrected chi connectivity index (χ3v) is 1.41. The van der Waals surface area contributed by atoms with E-state index in [1.165, 1.54) is 6.20 Å². The monoisotopic (exact) mass is 195 g/mol. The first-order valence-corrected chi connectivity index (χ1v) is 3.88. The van der Waals surface area contributed by atoms with Crippen LogP contribution in [0.5, 0.6) is 0 Å². The lowest BCUT2D eigenvalue weighted by Crippen LogP contribution is -1.90. The molecule has 0 unspecified atom stereocenters. The first-order chi connectivity index (χ1) is 6.18. The Kier molecular flexibility index (Phi) is 3.30. The number of carboxylic acid groups (broad SMARTS) is 1. The molecule has 3 nitrogen and oxygen atoms in total. The summed E-state index contributed by atoms with van der Waals surface area (Å²) in [5.74, 6) is 4.22. The topological polar surface area (TPSA) is 50.2 Å². The largest absolute Gasteiger partial charge is 0.481 e. The highest BCUT2D eigenvalue weighted by Gasteiger charge is 1.91. The summed E-state index contributed by atoms with van der Waals surface area (Å²) in [7, 11) is 0. The Morgan fingerprint density at radius 1 is 1.69 bits per heavy atom. The quantitative estimate of drug-likeness (QED) is 0.547. The van der Waals surface area contributed by atoms with E-state index in [0.717, 1.165) is 0 Å². The molecule has 13 heavy (non-hydrogen) atoms. The minimum atomic E-state index is -0.937. The zero-order valence-electron chi connectivity index (χ0n) is 6.62. The molecule has 1 aromatic heterocycles. The third-order valence-electron chi connectivity index (χ3n) is 1.20. The molecule has 1 heterocycles. The van der Waals surface area contributed by atoms with Crippen molar-refractivity contribution in [3.05, 3.63) is 29.0 Å². The Hall–Kier alpha value is -1.53. The van der Waals surface area contributed by atoms with E-state index in [1.807, 2.05) is 0 Å². The van der Waals surface area contributed by atoms with Gasteiger partial charge in [0.15, 0.2) is 0 Å². The van der Waals surface area contributed by atoms with Gasteiger partial charge in [-0.2, -0.15) is 0 Å². The molecule has 66 valence electrons. The van der Waals surface area contributed by atoms with Gasteiger partial charge in [-0.05, 0) is 12.1 Å². The Morgan fingerprint density at radius 2 is 2.46 bits per heavy atom. The number of hydrogen-bond acceptors (Lipinski definition) is 2. The molecule has 0 aliphatic heterocycles. The molecule has 0 spiro atoms. The highest BCUT2D eigenvalue weighted by molar-refractivity contribution is 6.29. The Bertz CT molecular complexity index is 379. The smallest absolute Gasteiger partial charge is 0.315 e. The number of aromatic nitrogens is 1. The summed E-state index contributed by atoms with van der Waals surface area (Å²) >= 11 is 5.59. The lowest BCUT2D eigenvalue weighted by Gasteiger charge is -1.89. The first-order valence-electron chi connectivity index (χ1n) is 3.50. The van der Waals surface area contributed by atoms with E-state index in [-0.39, 0.29) is 6.42 Å². The van der Waals surface area contributed by atoms with Gasteiger partial charge in [0.05, 0.1) is 0 Å². The molecule has 0 saturated carbocycles. The lowest BCUT2D eigenvalue weighted by atomic mass is 10.2. The number of aliphatic carboxylic acids is 1. The van der Waals surface area contributed by atoms with Gasteiger partial charge in [-0.3, -0.25) is 4.79 Å². The molecule has 0 atom stereocenters. The van der Waals surface area contributed by atoms with Crippen molar-refractivity contribution in [1.82, 2.24) is 4.98 Å². The zero-order valence-corrected chi connectivity index (χ0v) is 7.38. The number of pyridine rings is 1. The maximum absolute atomic E-state index is 10.1. The van der Waals surface area contributed by atoms with Crippen molar-refractivity contribution in [2.24, 2.45) is 0 Å². The van der Waals surface area contributed by atoms with Crippen LogP contribution in [0.25, 0.3) is 0 Å². The van der Waals surface area contributed by atoms with Crippen molar-refractivity contribution >= 4 is 17.6 Å². The first kappa shape index (κ1) is 9.56. The van der Waals surface area contributed by atoms with Gasteiger partial charge in [0.25, 0.3) is 0 Å². The predicted octanol–water partition coefficient (Wildman–Crippen LogP) is 1.56. The van der Waals surface area contributed by atoms with E-state index in [2.05, 4.69) is 16.8 Å². The molecule has 0 bridgehead atoms. The number of halogens is 1. The summed E-state index contributed by atoms with van der Waals surface area (Å²) < 4.78 is 0. The Balaban J connectivity index is 2.72. The normalized spacial score (nSPS) is 8.69. The van der Waals surface area contributed by atoms with Crippen molar-refractivity contribution in [1.29, 1.82) is 0 Å². The Labute approximate surface area is 80.4 Å². The molecule has 0 fully saturated rings. The van der Waals surface area contributed by atoms with Crippen molar-refractivity contribution < 1.29 is 9.90 Å². The van der Waals surface area contributed by atoms with Crippen molar-refractivity contribution in [2.75, 3.05) is 0 Å². The van der Waals surface area contributed by atoms with Crippen molar-refractivity contribution in [3.63, 3.8) is 0 Å². The molecule has 1 N–H and O–H groups in total. The Morgan fingerprint density at radius 3 is 3.08 bits per heavy atom. The maximum Gasteiger partial charge on any atom is 0.315 e. The zero-order chi connectivity index (χ0) is 9.68. The third kappa shape index (κ3) is 3.59. The fourth-order valence-electron chi connectivity index (χ4n) is 0.702. The van der Waals surface area contributed by atoms with Gasteiger partial charge in [-0.15, -0.1) is 0 Å². The highest BCUT2D eigenvalue weighted by Crippen LogP contribution is 2.05. The van der Waals surface area contributed by atoms with E-state index in [4.69, 9.17) is 16.7 Å². The van der Waals surface area contributed by atoms with Crippen LogP contribution in [-0.4, -0.2) is 16.1 Å². The van der Waals surface area contributed by atoms with Gasteiger partial charge in [0, 0.05) is 11.8 Å². The van der Waals surface area contributed by atoms with Crippen LogP contribution in [0.2, 0.25) is 5.15 Å². The van der Waals surface area contributed by atoms with E-state index in [1.54, 1.807) is 12.1 Å². The molecule has 0 aromatic carbocycles. The molecular weight excluding hydrogens is 190 g/mol. The van der Waals surface area contributed by atoms with Crippen LogP contribution >= 0.6 is 11.6 Å². The van der Waals surface area contributed by atoms with Gasteiger partial charge in [0.2, 0.25) is 0 Å². The van der Waals surface area contributed by atoms with Gasteiger partial charge >= 0.3 is 5.97 Å². The molecule has 0 aliphatic carbocycles. The minimum Gasteiger partial charge on any atom is -0.481 e. The molecule has 0 saturated heterocycles. The average molecular weight is 196 g/mol. The van der Waals surface area contributed by atoms with Gasteiger partial charge in [-0.25, -0.2) is 4.98 Å².